The molecule has 2 aromatic carbocycles. The van der Waals surface area contributed by atoms with Gasteiger partial charge in [-0.1, -0.05) is 12.1 Å². The number of nitrogens with zero attached hydrogens (tertiary/aromatic N) is 2. The molecule has 0 bridgehead atoms. The molecule has 2 aliphatic rings. The molecule has 0 atom stereocenters. The summed E-state index contributed by atoms with van der Waals surface area (Å²) >= 11 is 0. The van der Waals surface area contributed by atoms with Gasteiger partial charge in [0.15, 0.2) is 0 Å². The highest BCUT2D eigenvalue weighted by atomic mass is 32.2. The molecule has 28 heavy (non-hydrogen) atoms. The van der Waals surface area contributed by atoms with Crippen molar-refractivity contribution in [3.05, 3.63) is 53.6 Å². The van der Waals surface area contributed by atoms with E-state index < -0.39 is 10.0 Å². The lowest BCUT2D eigenvalue weighted by atomic mass is 10.1. The Labute approximate surface area is 164 Å². The van der Waals surface area contributed by atoms with Crippen LogP contribution < -0.4 is 14.5 Å². The van der Waals surface area contributed by atoms with Crippen LogP contribution in [0.2, 0.25) is 0 Å². The van der Waals surface area contributed by atoms with E-state index in [4.69, 9.17) is 0 Å². The zero-order valence-corrected chi connectivity index (χ0v) is 16.3. The summed E-state index contributed by atoms with van der Waals surface area (Å²) < 4.78 is 25.3. The highest BCUT2D eigenvalue weighted by Crippen LogP contribution is 2.32. The highest BCUT2D eigenvalue weighted by Gasteiger charge is 2.26. The number of sulfonamides is 1. The first kappa shape index (κ1) is 18.5. The summed E-state index contributed by atoms with van der Waals surface area (Å²) in [6.45, 7) is 1.08. The quantitative estimate of drug-likeness (QED) is 0.855. The van der Waals surface area contributed by atoms with Crippen LogP contribution in [0.3, 0.4) is 0 Å². The van der Waals surface area contributed by atoms with Gasteiger partial charge in [-0.25, -0.2) is 8.42 Å². The molecule has 4 rings (SSSR count). The molecule has 0 spiro atoms. The largest absolute Gasteiger partial charge is 0.322 e. The monoisotopic (exact) mass is 399 g/mol. The fraction of sp³-hybridized carbons (Fsp3) is 0.300. The molecular weight excluding hydrogens is 378 g/mol. The average Bonchev–Trinajstić information content (AvgIpc) is 3.27. The van der Waals surface area contributed by atoms with Gasteiger partial charge in [0.25, 0.3) is 5.91 Å². The minimum Gasteiger partial charge on any atom is -0.322 e. The third-order valence-corrected chi connectivity index (χ3v) is 6.27. The number of carbonyl (C=O) groups is 2. The van der Waals surface area contributed by atoms with Gasteiger partial charge in [0.1, 0.15) is 0 Å². The van der Waals surface area contributed by atoms with E-state index in [1.165, 1.54) is 10.6 Å². The Bertz CT molecular complexity index is 1060. The summed E-state index contributed by atoms with van der Waals surface area (Å²) in [6, 6.07) is 12.3. The fourth-order valence-electron chi connectivity index (χ4n) is 3.71. The second kappa shape index (κ2) is 6.94. The maximum atomic E-state index is 12.7. The molecule has 1 fully saturated rings. The SMILES string of the molecule is CS(=O)(=O)N1CCc2ccc(NC(=O)c3cccc(N4CCCC4=O)c3)cc21. The Morgan fingerprint density at radius 1 is 1.07 bits per heavy atom. The number of hydrogen-bond acceptors (Lipinski definition) is 4. The molecule has 0 aliphatic carbocycles. The number of benzene rings is 2. The zero-order chi connectivity index (χ0) is 19.9. The molecule has 1 N–H and O–H groups in total. The number of nitrogens with one attached hydrogen (secondary N) is 1. The highest BCUT2D eigenvalue weighted by molar-refractivity contribution is 7.92. The van der Waals surface area contributed by atoms with Gasteiger partial charge in [0, 0.05) is 36.4 Å². The standard InChI is InChI=1S/C20H21N3O4S/c1-28(26,27)23-11-9-14-7-8-16(13-18(14)23)21-20(25)15-4-2-5-17(12-15)22-10-3-6-19(22)24/h2,4-5,7-8,12-13H,3,6,9-11H2,1H3,(H,21,25). The molecule has 2 aromatic rings. The van der Waals surface area contributed by atoms with Crippen molar-refractivity contribution in [3.63, 3.8) is 0 Å². The van der Waals surface area contributed by atoms with Crippen LogP contribution in [0.5, 0.6) is 0 Å². The molecule has 8 heteroatoms. The maximum Gasteiger partial charge on any atom is 0.255 e. The number of anilines is 3. The van der Waals surface area contributed by atoms with E-state index >= 15 is 0 Å². The molecule has 2 aliphatic heterocycles. The van der Waals surface area contributed by atoms with E-state index in [-0.39, 0.29) is 11.8 Å². The normalized spacial score (nSPS) is 16.4. The molecule has 7 nitrogen and oxygen atoms in total. The summed E-state index contributed by atoms with van der Waals surface area (Å²) in [7, 11) is -3.35. The Morgan fingerprint density at radius 2 is 1.89 bits per heavy atom. The second-order valence-electron chi connectivity index (χ2n) is 7.08. The number of rotatable bonds is 4. The van der Waals surface area contributed by atoms with Gasteiger partial charge in [0.05, 0.1) is 11.9 Å². The predicted molar refractivity (Wildman–Crippen MR) is 108 cm³/mol. The van der Waals surface area contributed by atoms with Gasteiger partial charge < -0.3 is 10.2 Å². The Kier molecular flexibility index (Phi) is 4.58. The first-order chi connectivity index (χ1) is 13.3. The Hall–Kier alpha value is -2.87. The van der Waals surface area contributed by atoms with Crippen molar-refractivity contribution in [1.29, 1.82) is 0 Å². The van der Waals surface area contributed by atoms with Gasteiger partial charge in [0.2, 0.25) is 15.9 Å². The number of amides is 2. The van der Waals surface area contributed by atoms with Crippen molar-refractivity contribution in [2.75, 3.05) is 33.9 Å². The smallest absolute Gasteiger partial charge is 0.255 e. The third kappa shape index (κ3) is 3.47. The van der Waals surface area contributed by atoms with Crippen LogP contribution in [0.25, 0.3) is 0 Å². The van der Waals surface area contributed by atoms with E-state index in [9.17, 15) is 18.0 Å². The topological polar surface area (TPSA) is 86.8 Å². The molecule has 0 saturated carbocycles. The zero-order valence-electron chi connectivity index (χ0n) is 15.5. The summed E-state index contributed by atoms with van der Waals surface area (Å²) in [6.07, 6.45) is 3.19. The maximum absolute atomic E-state index is 12.7. The molecule has 0 radical (unpaired) electrons. The van der Waals surface area contributed by atoms with Crippen LogP contribution in [0.4, 0.5) is 17.1 Å². The van der Waals surface area contributed by atoms with Crippen LogP contribution in [0, 0.1) is 0 Å². The molecule has 2 amide bonds. The van der Waals surface area contributed by atoms with E-state index in [1.807, 2.05) is 12.1 Å². The van der Waals surface area contributed by atoms with Crippen molar-refractivity contribution in [3.8, 4) is 0 Å². The first-order valence-corrected chi connectivity index (χ1v) is 11.0. The Balaban J connectivity index is 1.56. The lowest BCUT2D eigenvalue weighted by Crippen LogP contribution is -2.27. The number of fused-ring (bicyclic) bond motifs is 1. The van der Waals surface area contributed by atoms with E-state index in [1.54, 1.807) is 35.2 Å². The minimum absolute atomic E-state index is 0.0667. The molecular formula is C20H21N3O4S. The van der Waals surface area contributed by atoms with Gasteiger partial charge in [-0.3, -0.25) is 13.9 Å². The van der Waals surface area contributed by atoms with Crippen molar-refractivity contribution in [1.82, 2.24) is 0 Å². The minimum atomic E-state index is -3.35. The first-order valence-electron chi connectivity index (χ1n) is 9.15. The van der Waals surface area contributed by atoms with Crippen molar-refractivity contribution in [2.24, 2.45) is 0 Å². The fourth-order valence-corrected chi connectivity index (χ4v) is 4.66. The van der Waals surface area contributed by atoms with Gasteiger partial charge in [-0.15, -0.1) is 0 Å². The predicted octanol–water partition coefficient (Wildman–Crippen LogP) is 2.39. The molecule has 1 saturated heterocycles. The number of carbonyl (C=O) groups excluding carboxylic acids is 2. The van der Waals surface area contributed by atoms with Crippen LogP contribution in [-0.4, -0.2) is 39.6 Å². The molecule has 146 valence electrons. The van der Waals surface area contributed by atoms with Crippen LogP contribution in [-0.2, 0) is 21.2 Å². The molecule has 0 unspecified atom stereocenters. The lowest BCUT2D eigenvalue weighted by molar-refractivity contribution is -0.117. The second-order valence-corrected chi connectivity index (χ2v) is 8.99. The summed E-state index contributed by atoms with van der Waals surface area (Å²) in [4.78, 5) is 26.3. The number of hydrogen-bond donors (Lipinski definition) is 1. The average molecular weight is 399 g/mol. The Morgan fingerprint density at radius 3 is 2.61 bits per heavy atom. The van der Waals surface area contributed by atoms with Crippen LogP contribution in [0.1, 0.15) is 28.8 Å². The summed E-state index contributed by atoms with van der Waals surface area (Å²) in [5.41, 5.74) is 3.24. The van der Waals surface area contributed by atoms with Crippen molar-refractivity contribution < 1.29 is 18.0 Å². The summed E-state index contributed by atoms with van der Waals surface area (Å²) in [5.74, 6) is -0.241. The van der Waals surface area contributed by atoms with E-state index in [2.05, 4.69) is 5.32 Å². The molecule has 0 aromatic heterocycles. The van der Waals surface area contributed by atoms with Crippen molar-refractivity contribution in [2.45, 2.75) is 19.3 Å². The third-order valence-electron chi connectivity index (χ3n) is 5.09. The van der Waals surface area contributed by atoms with E-state index in [0.29, 0.717) is 48.6 Å². The molecule has 2 heterocycles. The van der Waals surface area contributed by atoms with Gasteiger partial charge in [-0.2, -0.15) is 0 Å². The lowest BCUT2D eigenvalue weighted by Gasteiger charge is -2.18. The van der Waals surface area contributed by atoms with Gasteiger partial charge in [-0.05, 0) is 48.7 Å². The van der Waals surface area contributed by atoms with Crippen LogP contribution >= 0.6 is 0 Å². The van der Waals surface area contributed by atoms with Crippen molar-refractivity contribution >= 4 is 38.9 Å². The van der Waals surface area contributed by atoms with E-state index in [0.717, 1.165) is 12.0 Å². The van der Waals surface area contributed by atoms with Crippen LogP contribution in [0.15, 0.2) is 42.5 Å². The van der Waals surface area contributed by atoms with Gasteiger partial charge >= 0.3 is 0 Å². The summed E-state index contributed by atoms with van der Waals surface area (Å²) in [5, 5.41) is 2.83.